The molecule has 2 aromatic carbocycles. The summed E-state index contributed by atoms with van der Waals surface area (Å²) in [6.45, 7) is 7.07. The molecule has 0 amide bonds. The van der Waals surface area contributed by atoms with Gasteiger partial charge in [-0.1, -0.05) is 37.3 Å². The first kappa shape index (κ1) is 28.7. The van der Waals surface area contributed by atoms with Crippen LogP contribution in [0.3, 0.4) is 0 Å². The molecule has 6 rings (SSSR count). The maximum Gasteiger partial charge on any atom is 0.306 e. The summed E-state index contributed by atoms with van der Waals surface area (Å²) in [7, 11) is 1.54. The van der Waals surface area contributed by atoms with Gasteiger partial charge >= 0.3 is 5.97 Å². The van der Waals surface area contributed by atoms with Crippen molar-refractivity contribution in [3.05, 3.63) is 76.7 Å². The standard InChI is InChI=1S/C35H41FN2O4/c1-20-5-6-21(2)38(20)19-27-15-25(11-13-28(27)29-17-33(41-4)37-18-30(29)36)31-14-12-23-7-10-26(16-32(23)42-31)34(24-8-9-24)22(3)35(39)40/h7,10-11,13,15-18,20-22,24,31,34H,5-6,8-9,12,14,19H2,1-4H3,(H,39,40)/t20-,21?,22+,31?,34+/m1/s1. The van der Waals surface area contributed by atoms with E-state index in [1.165, 1.54) is 6.20 Å². The molecule has 0 spiro atoms. The molecule has 42 heavy (non-hydrogen) atoms. The van der Waals surface area contributed by atoms with Crippen LogP contribution in [0.25, 0.3) is 11.1 Å². The molecule has 0 radical (unpaired) electrons. The van der Waals surface area contributed by atoms with Crippen LogP contribution in [-0.4, -0.2) is 40.2 Å². The molecule has 5 atom stereocenters. The van der Waals surface area contributed by atoms with Gasteiger partial charge in [0.2, 0.25) is 5.88 Å². The largest absolute Gasteiger partial charge is 0.485 e. The van der Waals surface area contributed by atoms with Crippen molar-refractivity contribution in [2.75, 3.05) is 7.11 Å². The van der Waals surface area contributed by atoms with Crippen LogP contribution in [0.4, 0.5) is 4.39 Å². The van der Waals surface area contributed by atoms with E-state index in [0.717, 1.165) is 78.6 Å². The highest BCUT2D eigenvalue weighted by Crippen LogP contribution is 2.48. The molecule has 3 aliphatic rings. The number of methoxy groups -OCH3 is 1. The van der Waals surface area contributed by atoms with Gasteiger partial charge in [0, 0.05) is 30.3 Å². The van der Waals surface area contributed by atoms with Crippen LogP contribution in [0.1, 0.15) is 87.2 Å². The van der Waals surface area contributed by atoms with Crippen LogP contribution < -0.4 is 9.47 Å². The van der Waals surface area contributed by atoms with E-state index in [1.807, 2.05) is 13.0 Å². The molecule has 1 saturated carbocycles. The molecule has 1 saturated heterocycles. The highest BCUT2D eigenvalue weighted by molar-refractivity contribution is 5.71. The zero-order valence-electron chi connectivity index (χ0n) is 25.0. The Hall–Kier alpha value is -3.45. The zero-order valence-corrected chi connectivity index (χ0v) is 25.0. The Kier molecular flexibility index (Phi) is 7.97. The van der Waals surface area contributed by atoms with Gasteiger partial charge in [0.05, 0.1) is 19.2 Å². The van der Waals surface area contributed by atoms with Crippen molar-refractivity contribution in [1.29, 1.82) is 0 Å². The Labute approximate surface area is 247 Å². The SMILES string of the molecule is COc1cc(-c2ccc(C3CCc4ccc([C@H](C5CC5)[C@H](C)C(=O)O)cc4O3)cc2CN2C(C)CC[C@H]2C)c(F)cn1. The fraction of sp³-hybridized carbons (Fsp3) is 0.486. The second kappa shape index (κ2) is 11.7. The Bertz CT molecular complexity index is 1460. The van der Waals surface area contributed by atoms with E-state index < -0.39 is 11.9 Å². The first-order valence-electron chi connectivity index (χ1n) is 15.3. The Morgan fingerprint density at radius 3 is 2.52 bits per heavy atom. The monoisotopic (exact) mass is 572 g/mol. The second-order valence-corrected chi connectivity index (χ2v) is 12.6. The molecule has 222 valence electrons. The Morgan fingerprint density at radius 1 is 1.07 bits per heavy atom. The molecule has 1 aromatic heterocycles. The molecule has 1 N–H and O–H groups in total. The summed E-state index contributed by atoms with van der Waals surface area (Å²) in [6.07, 6.45) is 7.29. The number of likely N-dealkylation sites (tertiary alicyclic amines) is 1. The van der Waals surface area contributed by atoms with Gasteiger partial charge in [0.25, 0.3) is 0 Å². The Morgan fingerprint density at radius 2 is 1.83 bits per heavy atom. The smallest absolute Gasteiger partial charge is 0.306 e. The first-order chi connectivity index (χ1) is 20.2. The van der Waals surface area contributed by atoms with Gasteiger partial charge in [-0.05, 0) is 98.1 Å². The summed E-state index contributed by atoms with van der Waals surface area (Å²) in [5.74, 6) is 0.0982. The highest BCUT2D eigenvalue weighted by atomic mass is 19.1. The molecule has 2 fully saturated rings. The summed E-state index contributed by atoms with van der Waals surface area (Å²) in [5.41, 5.74) is 5.69. The van der Waals surface area contributed by atoms with Crippen LogP contribution in [0.2, 0.25) is 0 Å². The summed E-state index contributed by atoms with van der Waals surface area (Å²) in [4.78, 5) is 18.4. The lowest BCUT2D eigenvalue weighted by molar-refractivity contribution is -0.142. The van der Waals surface area contributed by atoms with Crippen LogP contribution >= 0.6 is 0 Å². The number of benzene rings is 2. The van der Waals surface area contributed by atoms with Crippen molar-refractivity contribution < 1.29 is 23.8 Å². The quantitative estimate of drug-likeness (QED) is 0.285. The van der Waals surface area contributed by atoms with E-state index in [2.05, 4.69) is 54.1 Å². The fourth-order valence-corrected chi connectivity index (χ4v) is 7.11. The van der Waals surface area contributed by atoms with Crippen molar-refractivity contribution in [1.82, 2.24) is 9.88 Å². The minimum absolute atomic E-state index is 0.000599. The van der Waals surface area contributed by atoms with Crippen molar-refractivity contribution in [3.8, 4) is 22.8 Å². The first-order valence-corrected chi connectivity index (χ1v) is 15.3. The molecule has 2 aliphatic heterocycles. The number of carboxylic acid groups (broad SMARTS) is 1. The van der Waals surface area contributed by atoms with Crippen molar-refractivity contribution in [2.24, 2.45) is 11.8 Å². The number of aromatic nitrogens is 1. The van der Waals surface area contributed by atoms with E-state index in [-0.39, 0.29) is 17.8 Å². The predicted octanol–water partition coefficient (Wildman–Crippen LogP) is 7.55. The van der Waals surface area contributed by atoms with Gasteiger partial charge in [0.15, 0.2) is 0 Å². The lowest BCUT2D eigenvalue weighted by Gasteiger charge is -2.30. The predicted molar refractivity (Wildman–Crippen MR) is 160 cm³/mol. The molecular weight excluding hydrogens is 531 g/mol. The average Bonchev–Trinajstić information content (AvgIpc) is 3.78. The van der Waals surface area contributed by atoms with Gasteiger partial charge in [-0.25, -0.2) is 9.37 Å². The van der Waals surface area contributed by atoms with Gasteiger partial charge in [-0.3, -0.25) is 9.69 Å². The van der Waals surface area contributed by atoms with E-state index in [0.29, 0.717) is 29.4 Å². The summed E-state index contributed by atoms with van der Waals surface area (Å²) in [6, 6.07) is 15.2. The molecule has 3 heterocycles. The number of hydrogen-bond donors (Lipinski definition) is 1. The minimum atomic E-state index is -0.749. The van der Waals surface area contributed by atoms with Gasteiger partial charge in [0.1, 0.15) is 17.7 Å². The molecule has 6 nitrogen and oxygen atoms in total. The lowest BCUT2D eigenvalue weighted by atomic mass is 9.82. The maximum absolute atomic E-state index is 15.1. The number of carboxylic acids is 1. The molecule has 1 aliphatic carbocycles. The topological polar surface area (TPSA) is 71.9 Å². The lowest BCUT2D eigenvalue weighted by Crippen LogP contribution is -2.32. The molecule has 2 unspecified atom stereocenters. The van der Waals surface area contributed by atoms with Crippen LogP contribution in [0, 0.1) is 17.7 Å². The number of carbonyl (C=O) groups is 1. The number of pyridine rings is 1. The van der Waals surface area contributed by atoms with Crippen LogP contribution in [0.5, 0.6) is 11.6 Å². The molecule has 0 bridgehead atoms. The average molecular weight is 573 g/mol. The number of aryl methyl sites for hydroxylation is 1. The van der Waals surface area contributed by atoms with Crippen LogP contribution in [-0.2, 0) is 17.8 Å². The molecule has 7 heteroatoms. The normalized spacial score (nSPS) is 23.6. The van der Waals surface area contributed by atoms with Gasteiger partial charge in [-0.15, -0.1) is 0 Å². The molecular formula is C35H41FN2O4. The number of fused-ring (bicyclic) bond motifs is 1. The number of nitrogens with zero attached hydrogens (tertiary/aromatic N) is 2. The summed E-state index contributed by atoms with van der Waals surface area (Å²) >= 11 is 0. The van der Waals surface area contributed by atoms with E-state index >= 15 is 4.39 Å². The number of hydrogen-bond acceptors (Lipinski definition) is 5. The minimum Gasteiger partial charge on any atom is -0.485 e. The third-order valence-corrected chi connectivity index (χ3v) is 9.80. The van der Waals surface area contributed by atoms with Gasteiger partial charge in [-0.2, -0.15) is 0 Å². The number of rotatable bonds is 9. The van der Waals surface area contributed by atoms with E-state index in [9.17, 15) is 9.90 Å². The zero-order chi connectivity index (χ0) is 29.5. The molecule has 3 aromatic rings. The van der Waals surface area contributed by atoms with E-state index in [1.54, 1.807) is 13.2 Å². The fourth-order valence-electron chi connectivity index (χ4n) is 7.11. The third kappa shape index (κ3) is 5.63. The van der Waals surface area contributed by atoms with Crippen molar-refractivity contribution in [3.63, 3.8) is 0 Å². The number of aliphatic carboxylic acids is 1. The highest BCUT2D eigenvalue weighted by Gasteiger charge is 2.39. The summed E-state index contributed by atoms with van der Waals surface area (Å²) < 4.78 is 27.1. The van der Waals surface area contributed by atoms with Crippen molar-refractivity contribution in [2.45, 2.75) is 89.9 Å². The van der Waals surface area contributed by atoms with Gasteiger partial charge < -0.3 is 14.6 Å². The van der Waals surface area contributed by atoms with E-state index in [4.69, 9.17) is 9.47 Å². The van der Waals surface area contributed by atoms with Crippen molar-refractivity contribution >= 4 is 5.97 Å². The Balaban J connectivity index is 1.33. The number of halogens is 1. The summed E-state index contributed by atoms with van der Waals surface area (Å²) in [5, 5.41) is 9.76. The van der Waals surface area contributed by atoms with Crippen LogP contribution in [0.15, 0.2) is 48.7 Å². The maximum atomic E-state index is 15.1. The number of ether oxygens (including phenoxy) is 2. The third-order valence-electron chi connectivity index (χ3n) is 9.80. The second-order valence-electron chi connectivity index (χ2n) is 12.6.